The zero-order chi connectivity index (χ0) is 17.2. The highest BCUT2D eigenvalue weighted by Crippen LogP contribution is 2.23. The van der Waals surface area contributed by atoms with E-state index in [4.69, 9.17) is 0 Å². The predicted molar refractivity (Wildman–Crippen MR) is 95.6 cm³/mol. The summed E-state index contributed by atoms with van der Waals surface area (Å²) < 4.78 is 25.8. The van der Waals surface area contributed by atoms with Crippen LogP contribution in [0.4, 0.5) is 5.69 Å². The van der Waals surface area contributed by atoms with Crippen molar-refractivity contribution < 1.29 is 13.2 Å². The molecule has 1 amide bonds. The molecule has 6 heteroatoms. The number of hydrogen-bond donors (Lipinski definition) is 1. The fourth-order valence-electron chi connectivity index (χ4n) is 2.08. The second-order valence-electron chi connectivity index (χ2n) is 5.51. The van der Waals surface area contributed by atoms with Gasteiger partial charge < -0.3 is 5.32 Å². The van der Waals surface area contributed by atoms with Gasteiger partial charge >= 0.3 is 0 Å². The first-order valence-electron chi connectivity index (χ1n) is 7.14. The molecule has 0 aromatic heterocycles. The molecular weight excluding hydrogens is 378 g/mol. The number of hydrogen-bond acceptors (Lipinski definition) is 3. The van der Waals surface area contributed by atoms with E-state index in [9.17, 15) is 13.2 Å². The van der Waals surface area contributed by atoms with Gasteiger partial charge in [-0.2, -0.15) is 0 Å². The summed E-state index contributed by atoms with van der Waals surface area (Å²) in [7, 11) is -3.53. The van der Waals surface area contributed by atoms with Crippen LogP contribution in [-0.2, 0) is 9.84 Å². The lowest BCUT2D eigenvalue weighted by Crippen LogP contribution is -2.20. The van der Waals surface area contributed by atoms with Gasteiger partial charge in [0.2, 0.25) is 0 Å². The molecule has 0 fully saturated rings. The highest BCUT2D eigenvalue weighted by Gasteiger charge is 2.25. The maximum atomic E-state index is 12.5. The minimum Gasteiger partial charge on any atom is -0.322 e. The Labute approximate surface area is 145 Å². The highest BCUT2D eigenvalue weighted by atomic mass is 79.9. The maximum absolute atomic E-state index is 12.5. The summed E-state index contributed by atoms with van der Waals surface area (Å²) >= 11 is 3.40. The van der Waals surface area contributed by atoms with Crippen molar-refractivity contribution >= 4 is 37.4 Å². The lowest BCUT2D eigenvalue weighted by molar-refractivity contribution is 0.102. The van der Waals surface area contributed by atoms with E-state index in [0.717, 1.165) is 10.0 Å². The minimum absolute atomic E-state index is 0.0568. The molecule has 23 heavy (non-hydrogen) atoms. The average molecular weight is 396 g/mol. The van der Waals surface area contributed by atoms with E-state index in [0.29, 0.717) is 5.69 Å². The van der Waals surface area contributed by atoms with Crippen LogP contribution in [0.2, 0.25) is 0 Å². The van der Waals surface area contributed by atoms with E-state index >= 15 is 0 Å². The number of anilines is 1. The van der Waals surface area contributed by atoms with Crippen LogP contribution >= 0.6 is 15.9 Å². The van der Waals surface area contributed by atoms with Crippen molar-refractivity contribution in [2.24, 2.45) is 0 Å². The van der Waals surface area contributed by atoms with Crippen LogP contribution in [0.1, 0.15) is 29.8 Å². The van der Waals surface area contributed by atoms with Crippen molar-refractivity contribution in [3.63, 3.8) is 0 Å². The van der Waals surface area contributed by atoms with Crippen LogP contribution < -0.4 is 5.32 Å². The summed E-state index contributed by atoms with van der Waals surface area (Å²) in [6.45, 7) is 5.11. The SMILES string of the molecule is Cc1cc(NC(=O)c2ccccc2S(=O)(=O)C(C)C)ccc1Br. The monoisotopic (exact) mass is 395 g/mol. The second-order valence-corrected chi connectivity index (χ2v) is 8.84. The molecule has 0 radical (unpaired) electrons. The molecule has 0 bridgehead atoms. The standard InChI is InChI=1S/C17H18BrNO3S/c1-11(2)23(21,22)16-7-5-4-6-14(16)17(20)19-13-8-9-15(18)12(3)10-13/h4-11H,1-3H3,(H,19,20). The molecule has 0 heterocycles. The Morgan fingerprint density at radius 3 is 2.39 bits per heavy atom. The van der Waals surface area contributed by atoms with Gasteiger partial charge in [0.25, 0.3) is 5.91 Å². The normalized spacial score (nSPS) is 11.5. The van der Waals surface area contributed by atoms with Crippen LogP contribution in [-0.4, -0.2) is 19.6 Å². The summed E-state index contributed by atoms with van der Waals surface area (Å²) in [5.74, 6) is -0.438. The average Bonchev–Trinajstić information content (AvgIpc) is 2.50. The fraction of sp³-hybridized carbons (Fsp3) is 0.235. The lowest BCUT2D eigenvalue weighted by Gasteiger charge is -2.13. The number of sulfone groups is 1. The van der Waals surface area contributed by atoms with Gasteiger partial charge in [0.1, 0.15) is 0 Å². The highest BCUT2D eigenvalue weighted by molar-refractivity contribution is 9.10. The van der Waals surface area contributed by atoms with Gasteiger partial charge in [0, 0.05) is 10.2 Å². The Kier molecular flexibility index (Phi) is 5.26. The Hall–Kier alpha value is -1.66. The Bertz CT molecular complexity index is 845. The van der Waals surface area contributed by atoms with Crippen molar-refractivity contribution in [2.45, 2.75) is 30.9 Å². The van der Waals surface area contributed by atoms with Gasteiger partial charge in [-0.3, -0.25) is 4.79 Å². The number of nitrogens with one attached hydrogen (secondary N) is 1. The van der Waals surface area contributed by atoms with Crippen molar-refractivity contribution in [3.05, 3.63) is 58.1 Å². The van der Waals surface area contributed by atoms with Gasteiger partial charge in [-0.1, -0.05) is 28.1 Å². The van der Waals surface area contributed by atoms with E-state index < -0.39 is 21.0 Å². The van der Waals surface area contributed by atoms with Crippen molar-refractivity contribution in [2.75, 3.05) is 5.32 Å². The third-order valence-electron chi connectivity index (χ3n) is 3.47. The maximum Gasteiger partial charge on any atom is 0.256 e. The second kappa shape index (κ2) is 6.84. The number of halogens is 1. The molecule has 1 N–H and O–H groups in total. The van der Waals surface area contributed by atoms with E-state index in [2.05, 4.69) is 21.2 Å². The first kappa shape index (κ1) is 17.7. The molecule has 0 aliphatic heterocycles. The number of aryl methyl sites for hydroxylation is 1. The number of carbonyl (C=O) groups excluding carboxylic acids is 1. The summed E-state index contributed by atoms with van der Waals surface area (Å²) in [6, 6.07) is 11.7. The quantitative estimate of drug-likeness (QED) is 0.843. The fourth-order valence-corrected chi connectivity index (χ4v) is 3.57. The summed E-state index contributed by atoms with van der Waals surface area (Å²) in [4.78, 5) is 12.6. The predicted octanol–water partition coefficient (Wildman–Crippen LogP) is 4.19. The molecular formula is C17H18BrNO3S. The molecule has 0 aliphatic rings. The van der Waals surface area contributed by atoms with Crippen LogP contribution in [0.3, 0.4) is 0 Å². The first-order valence-corrected chi connectivity index (χ1v) is 9.48. The van der Waals surface area contributed by atoms with Gasteiger partial charge in [-0.15, -0.1) is 0 Å². The van der Waals surface area contributed by atoms with E-state index in [1.54, 1.807) is 32.0 Å². The smallest absolute Gasteiger partial charge is 0.256 e. The lowest BCUT2D eigenvalue weighted by atomic mass is 10.2. The van der Waals surface area contributed by atoms with E-state index in [-0.39, 0.29) is 10.5 Å². The van der Waals surface area contributed by atoms with Gasteiger partial charge in [0.05, 0.1) is 15.7 Å². The molecule has 0 aliphatic carbocycles. The van der Waals surface area contributed by atoms with Crippen molar-refractivity contribution in [3.8, 4) is 0 Å². The van der Waals surface area contributed by atoms with Gasteiger partial charge in [0.15, 0.2) is 9.84 Å². The van der Waals surface area contributed by atoms with Gasteiger partial charge in [-0.05, 0) is 56.7 Å². The molecule has 0 unspecified atom stereocenters. The molecule has 2 rings (SSSR count). The Morgan fingerprint density at radius 1 is 1.13 bits per heavy atom. The summed E-state index contributed by atoms with van der Waals surface area (Å²) in [6.07, 6.45) is 0. The van der Waals surface area contributed by atoms with Crippen molar-refractivity contribution in [1.82, 2.24) is 0 Å². The third kappa shape index (κ3) is 3.82. The van der Waals surface area contributed by atoms with Crippen LogP contribution in [0.5, 0.6) is 0 Å². The van der Waals surface area contributed by atoms with Crippen LogP contribution in [0.25, 0.3) is 0 Å². The Balaban J connectivity index is 2.39. The molecule has 4 nitrogen and oxygen atoms in total. The zero-order valence-corrected chi connectivity index (χ0v) is 15.5. The van der Waals surface area contributed by atoms with E-state index in [1.165, 1.54) is 12.1 Å². The summed E-state index contributed by atoms with van der Waals surface area (Å²) in [5, 5.41) is 2.16. The van der Waals surface area contributed by atoms with Crippen LogP contribution in [0, 0.1) is 6.92 Å². The number of rotatable bonds is 4. The zero-order valence-electron chi connectivity index (χ0n) is 13.1. The summed E-state index contributed by atoms with van der Waals surface area (Å²) in [5.41, 5.74) is 1.75. The third-order valence-corrected chi connectivity index (χ3v) is 6.57. The molecule has 0 saturated carbocycles. The molecule has 0 saturated heterocycles. The molecule has 0 spiro atoms. The molecule has 2 aromatic rings. The number of carbonyl (C=O) groups is 1. The van der Waals surface area contributed by atoms with Crippen molar-refractivity contribution in [1.29, 1.82) is 0 Å². The first-order chi connectivity index (χ1) is 10.7. The largest absolute Gasteiger partial charge is 0.322 e. The van der Waals surface area contributed by atoms with Crippen LogP contribution in [0.15, 0.2) is 51.8 Å². The van der Waals surface area contributed by atoms with Gasteiger partial charge in [-0.25, -0.2) is 8.42 Å². The molecule has 122 valence electrons. The Morgan fingerprint density at radius 2 is 1.78 bits per heavy atom. The molecule has 2 aromatic carbocycles. The van der Waals surface area contributed by atoms with E-state index in [1.807, 2.05) is 19.1 Å². The topological polar surface area (TPSA) is 63.2 Å². The molecule has 0 atom stereocenters. The number of benzene rings is 2. The number of amides is 1. The minimum atomic E-state index is -3.53.